The summed E-state index contributed by atoms with van der Waals surface area (Å²) < 4.78 is -0.965. The fraction of sp³-hybridized carbons (Fsp3) is 0.429. The van der Waals surface area contributed by atoms with E-state index in [9.17, 15) is 9.59 Å². The molecule has 1 atom stereocenters. The lowest BCUT2D eigenvalue weighted by Crippen LogP contribution is -2.34. The fourth-order valence-electron chi connectivity index (χ4n) is 1.98. The summed E-state index contributed by atoms with van der Waals surface area (Å²) in [7, 11) is 0. The molecule has 4 nitrogen and oxygen atoms in total. The summed E-state index contributed by atoms with van der Waals surface area (Å²) in [6.45, 7) is 3.74. The van der Waals surface area contributed by atoms with Crippen molar-refractivity contribution in [3.63, 3.8) is 0 Å². The van der Waals surface area contributed by atoms with Crippen LogP contribution in [0.2, 0.25) is 0 Å². The molecule has 2 amide bonds. The van der Waals surface area contributed by atoms with Crippen LogP contribution in [0.1, 0.15) is 17.5 Å². The Morgan fingerprint density at radius 3 is 2.35 bits per heavy atom. The molecule has 0 radical (unpaired) electrons. The number of rotatable bonds is 4. The van der Waals surface area contributed by atoms with Crippen molar-refractivity contribution >= 4 is 40.7 Å². The minimum atomic E-state index is -0.965. The maximum atomic E-state index is 11.8. The van der Waals surface area contributed by atoms with E-state index in [0.717, 1.165) is 16.8 Å². The first-order valence-electron chi connectivity index (χ1n) is 6.33. The molecular formula is C14H16Cl2N2O2. The van der Waals surface area contributed by atoms with Crippen LogP contribution in [0.5, 0.6) is 0 Å². The number of halogens is 2. The van der Waals surface area contributed by atoms with Gasteiger partial charge in [-0.2, -0.15) is 0 Å². The Kier molecular flexibility index (Phi) is 4.25. The molecule has 0 heterocycles. The van der Waals surface area contributed by atoms with Gasteiger partial charge in [-0.05, 0) is 31.4 Å². The molecule has 1 fully saturated rings. The van der Waals surface area contributed by atoms with E-state index in [1.54, 1.807) is 0 Å². The molecule has 0 bridgehead atoms. The van der Waals surface area contributed by atoms with Gasteiger partial charge in [0.05, 0.1) is 12.5 Å². The van der Waals surface area contributed by atoms with Gasteiger partial charge in [-0.15, -0.1) is 23.2 Å². The third-order valence-corrected chi connectivity index (χ3v) is 4.15. The van der Waals surface area contributed by atoms with E-state index in [4.69, 9.17) is 23.2 Å². The number of carbonyl (C=O) groups excluding carboxylic acids is 2. The number of aryl methyl sites for hydroxylation is 2. The Labute approximate surface area is 127 Å². The molecule has 0 spiro atoms. The summed E-state index contributed by atoms with van der Waals surface area (Å²) in [5.41, 5.74) is 2.74. The Bertz CT molecular complexity index is 538. The number of para-hydroxylation sites is 1. The largest absolute Gasteiger partial charge is 0.347 e. The SMILES string of the molecule is Cc1cccc(C)c1NC(=O)CNC(=O)C1CC1(Cl)Cl. The molecule has 1 saturated carbocycles. The lowest BCUT2D eigenvalue weighted by Gasteiger charge is -2.12. The van der Waals surface area contributed by atoms with Crippen LogP contribution in [-0.4, -0.2) is 22.7 Å². The van der Waals surface area contributed by atoms with Gasteiger partial charge < -0.3 is 10.6 Å². The smallest absolute Gasteiger partial charge is 0.243 e. The van der Waals surface area contributed by atoms with Gasteiger partial charge in [0.2, 0.25) is 11.8 Å². The first-order valence-corrected chi connectivity index (χ1v) is 7.08. The van der Waals surface area contributed by atoms with Crippen molar-refractivity contribution in [3.8, 4) is 0 Å². The zero-order chi connectivity index (χ0) is 14.9. The monoisotopic (exact) mass is 314 g/mol. The van der Waals surface area contributed by atoms with Crippen molar-refractivity contribution in [1.82, 2.24) is 5.32 Å². The van der Waals surface area contributed by atoms with E-state index in [0.29, 0.717) is 6.42 Å². The van der Waals surface area contributed by atoms with E-state index >= 15 is 0 Å². The maximum Gasteiger partial charge on any atom is 0.243 e. The van der Waals surface area contributed by atoms with E-state index in [2.05, 4.69) is 10.6 Å². The van der Waals surface area contributed by atoms with E-state index in [1.165, 1.54) is 0 Å². The van der Waals surface area contributed by atoms with Crippen LogP contribution in [0.15, 0.2) is 18.2 Å². The maximum absolute atomic E-state index is 11.8. The summed E-state index contributed by atoms with van der Waals surface area (Å²) in [6, 6.07) is 5.76. The van der Waals surface area contributed by atoms with Gasteiger partial charge in [0.1, 0.15) is 4.33 Å². The zero-order valence-corrected chi connectivity index (χ0v) is 12.8. The minimum absolute atomic E-state index is 0.0903. The van der Waals surface area contributed by atoms with Gasteiger partial charge in [-0.25, -0.2) is 0 Å². The quantitative estimate of drug-likeness (QED) is 0.839. The molecule has 0 saturated heterocycles. The van der Waals surface area contributed by atoms with E-state index < -0.39 is 10.3 Å². The van der Waals surface area contributed by atoms with Crippen LogP contribution >= 0.6 is 23.2 Å². The van der Waals surface area contributed by atoms with Crippen LogP contribution in [0.25, 0.3) is 0 Å². The van der Waals surface area contributed by atoms with Crippen LogP contribution in [0.4, 0.5) is 5.69 Å². The topological polar surface area (TPSA) is 58.2 Å². The molecule has 2 rings (SSSR count). The highest BCUT2D eigenvalue weighted by Gasteiger charge is 2.56. The lowest BCUT2D eigenvalue weighted by molar-refractivity contribution is -0.125. The summed E-state index contributed by atoms with van der Waals surface area (Å²) in [4.78, 5) is 23.5. The summed E-state index contributed by atoms with van der Waals surface area (Å²) in [5, 5.41) is 5.33. The van der Waals surface area contributed by atoms with Crippen LogP contribution in [-0.2, 0) is 9.59 Å². The van der Waals surface area contributed by atoms with E-state index in [1.807, 2.05) is 32.0 Å². The Morgan fingerprint density at radius 2 is 1.85 bits per heavy atom. The molecule has 1 aliphatic carbocycles. The molecule has 108 valence electrons. The second-order valence-electron chi connectivity index (χ2n) is 5.05. The standard InChI is InChI=1S/C14H16Cl2N2O2/c1-8-4-3-5-9(2)12(8)18-11(19)7-17-13(20)10-6-14(10,15)16/h3-5,10H,6-7H2,1-2H3,(H,17,20)(H,18,19). The predicted molar refractivity (Wildman–Crippen MR) is 80.1 cm³/mol. The average Bonchev–Trinajstić information content (AvgIpc) is 3.00. The fourth-order valence-corrected chi connectivity index (χ4v) is 2.49. The minimum Gasteiger partial charge on any atom is -0.347 e. The molecule has 1 aromatic rings. The lowest BCUT2D eigenvalue weighted by atomic mass is 10.1. The molecule has 2 N–H and O–H groups in total. The number of anilines is 1. The third-order valence-electron chi connectivity index (χ3n) is 3.31. The molecule has 20 heavy (non-hydrogen) atoms. The van der Waals surface area contributed by atoms with Gasteiger partial charge in [-0.3, -0.25) is 9.59 Å². The van der Waals surface area contributed by atoms with Gasteiger partial charge in [0, 0.05) is 5.69 Å². The number of benzene rings is 1. The Balaban J connectivity index is 1.86. The second-order valence-corrected chi connectivity index (χ2v) is 6.59. The number of nitrogens with one attached hydrogen (secondary N) is 2. The average molecular weight is 315 g/mol. The van der Waals surface area contributed by atoms with Crippen LogP contribution in [0, 0.1) is 19.8 Å². The molecule has 1 unspecified atom stereocenters. The molecule has 1 aliphatic rings. The Morgan fingerprint density at radius 1 is 1.30 bits per heavy atom. The van der Waals surface area contributed by atoms with Crippen molar-refractivity contribution in [2.45, 2.75) is 24.6 Å². The number of hydrogen-bond acceptors (Lipinski definition) is 2. The normalized spacial score (nSPS) is 19.3. The van der Waals surface area contributed by atoms with Crippen molar-refractivity contribution in [3.05, 3.63) is 29.3 Å². The molecule has 0 aromatic heterocycles. The van der Waals surface area contributed by atoms with Gasteiger partial charge in [0.25, 0.3) is 0 Å². The summed E-state index contributed by atoms with van der Waals surface area (Å²) >= 11 is 11.6. The molecule has 1 aromatic carbocycles. The third kappa shape index (κ3) is 3.44. The summed E-state index contributed by atoms with van der Waals surface area (Å²) in [6.07, 6.45) is 0.431. The van der Waals surface area contributed by atoms with E-state index in [-0.39, 0.29) is 18.4 Å². The van der Waals surface area contributed by atoms with Crippen molar-refractivity contribution < 1.29 is 9.59 Å². The Hall–Kier alpha value is -1.26. The molecule has 6 heteroatoms. The first kappa shape index (κ1) is 15.1. The molecule has 0 aliphatic heterocycles. The van der Waals surface area contributed by atoms with Crippen molar-refractivity contribution in [2.75, 3.05) is 11.9 Å². The first-order chi connectivity index (χ1) is 9.31. The van der Waals surface area contributed by atoms with Gasteiger partial charge in [-0.1, -0.05) is 18.2 Å². The number of hydrogen-bond donors (Lipinski definition) is 2. The highest BCUT2D eigenvalue weighted by molar-refractivity contribution is 6.52. The highest BCUT2D eigenvalue weighted by atomic mass is 35.5. The highest BCUT2D eigenvalue weighted by Crippen LogP contribution is 2.53. The van der Waals surface area contributed by atoms with Crippen LogP contribution in [0.3, 0.4) is 0 Å². The van der Waals surface area contributed by atoms with Crippen molar-refractivity contribution in [1.29, 1.82) is 0 Å². The zero-order valence-electron chi connectivity index (χ0n) is 11.3. The second kappa shape index (κ2) is 5.62. The summed E-state index contributed by atoms with van der Waals surface area (Å²) in [5.74, 6) is -0.975. The van der Waals surface area contributed by atoms with Crippen molar-refractivity contribution in [2.24, 2.45) is 5.92 Å². The number of carbonyl (C=O) groups is 2. The molecular weight excluding hydrogens is 299 g/mol. The van der Waals surface area contributed by atoms with Crippen LogP contribution < -0.4 is 10.6 Å². The van der Waals surface area contributed by atoms with Gasteiger partial charge >= 0.3 is 0 Å². The number of alkyl halides is 2. The predicted octanol–water partition coefficient (Wildman–Crippen LogP) is 2.55. The van der Waals surface area contributed by atoms with Gasteiger partial charge in [0.15, 0.2) is 0 Å². The number of amides is 2.